The molecule has 0 spiro atoms. The average molecular weight is 228 g/mol. The van der Waals surface area contributed by atoms with Crippen LogP contribution in [0.5, 0.6) is 0 Å². The van der Waals surface area contributed by atoms with Gasteiger partial charge in [0.15, 0.2) is 0 Å². The van der Waals surface area contributed by atoms with Gasteiger partial charge in [0, 0.05) is 15.7 Å². The fourth-order valence-electron chi connectivity index (χ4n) is 1.08. The lowest BCUT2D eigenvalue weighted by molar-refractivity contribution is 0.222. The van der Waals surface area contributed by atoms with E-state index in [0.29, 0.717) is 0 Å². The van der Waals surface area contributed by atoms with Gasteiger partial charge in [0.2, 0.25) is 0 Å². The molecule has 0 amide bonds. The number of rotatable bonds is 4. The highest BCUT2D eigenvalue weighted by Crippen LogP contribution is 2.31. The van der Waals surface area contributed by atoms with E-state index in [0.717, 1.165) is 28.5 Å². The second kappa shape index (κ2) is 5.98. The van der Waals surface area contributed by atoms with Crippen molar-refractivity contribution in [2.75, 3.05) is 0 Å². The van der Waals surface area contributed by atoms with Crippen LogP contribution in [0.15, 0.2) is 29.2 Å². The molecule has 1 aromatic rings. The van der Waals surface area contributed by atoms with Crippen LogP contribution in [-0.4, -0.2) is 10.4 Å². The molecule has 0 aliphatic heterocycles. The van der Waals surface area contributed by atoms with Gasteiger partial charge < -0.3 is 5.11 Å². The first-order valence-corrected chi connectivity index (χ1v) is 6.53. The summed E-state index contributed by atoms with van der Waals surface area (Å²) in [5.41, 5.74) is 1.30. The number of hydrogen-bond donors (Lipinski definition) is 1. The van der Waals surface area contributed by atoms with Crippen LogP contribution < -0.4 is 0 Å². The minimum absolute atomic E-state index is 0.837. The first-order valence-electron chi connectivity index (χ1n) is 4.38. The van der Waals surface area contributed by atoms with Crippen molar-refractivity contribution in [1.29, 1.82) is 0 Å². The van der Waals surface area contributed by atoms with Crippen LogP contribution in [0.4, 0.5) is 4.79 Å². The Morgan fingerprint density at radius 1 is 1.36 bits per heavy atom. The number of aryl methyl sites for hydroxylation is 1. The van der Waals surface area contributed by atoms with E-state index >= 15 is 0 Å². The average Bonchev–Trinajstić information content (AvgIpc) is 2.17. The smallest absolute Gasteiger partial charge is 0.375 e. The monoisotopic (exact) mass is 228 g/mol. The Labute approximate surface area is 91.5 Å². The second-order valence-corrected chi connectivity index (χ2v) is 4.98. The minimum atomic E-state index is -0.854. The molecule has 2 nitrogen and oxygen atoms in total. The van der Waals surface area contributed by atoms with Gasteiger partial charge in [-0.3, -0.25) is 0 Å². The van der Waals surface area contributed by atoms with E-state index in [-0.39, 0.29) is 0 Å². The van der Waals surface area contributed by atoms with Crippen molar-refractivity contribution >= 4 is 26.9 Å². The van der Waals surface area contributed by atoms with Crippen molar-refractivity contribution in [2.45, 2.75) is 24.7 Å². The van der Waals surface area contributed by atoms with E-state index in [1.165, 1.54) is 16.4 Å². The number of carboxylic acid groups (broad SMARTS) is 1. The maximum atomic E-state index is 10.3. The van der Waals surface area contributed by atoms with Gasteiger partial charge in [-0.25, -0.2) is 4.79 Å². The third-order valence-corrected chi connectivity index (χ3v) is 3.62. The Morgan fingerprint density at radius 3 is 2.50 bits per heavy atom. The highest BCUT2D eigenvalue weighted by Gasteiger charge is 2.00. The van der Waals surface area contributed by atoms with Crippen LogP contribution in [0, 0.1) is 0 Å². The summed E-state index contributed by atoms with van der Waals surface area (Å²) in [6.45, 7) is 2.14. The molecule has 0 radical (unpaired) electrons. The molecule has 76 valence electrons. The van der Waals surface area contributed by atoms with E-state index in [4.69, 9.17) is 5.11 Å². The fourth-order valence-corrected chi connectivity index (χ4v) is 2.33. The molecule has 0 atom stereocenters. The quantitative estimate of drug-likeness (QED) is 0.789. The van der Waals surface area contributed by atoms with Gasteiger partial charge in [0.1, 0.15) is 0 Å². The third kappa shape index (κ3) is 4.07. The molecular formula is C10H12O2S2. The molecule has 1 N–H and O–H groups in total. The van der Waals surface area contributed by atoms with Gasteiger partial charge in [0.25, 0.3) is 0 Å². The Kier molecular flexibility index (Phi) is 4.90. The number of benzene rings is 1. The van der Waals surface area contributed by atoms with Crippen molar-refractivity contribution in [3.05, 3.63) is 29.8 Å². The van der Waals surface area contributed by atoms with Crippen LogP contribution >= 0.6 is 21.6 Å². The van der Waals surface area contributed by atoms with Gasteiger partial charge in [-0.1, -0.05) is 25.5 Å². The zero-order chi connectivity index (χ0) is 10.4. The predicted molar refractivity (Wildman–Crippen MR) is 61.9 cm³/mol. The van der Waals surface area contributed by atoms with Crippen LogP contribution in [0.2, 0.25) is 0 Å². The van der Waals surface area contributed by atoms with Gasteiger partial charge in [0.05, 0.1) is 0 Å². The Morgan fingerprint density at radius 2 is 2.00 bits per heavy atom. The van der Waals surface area contributed by atoms with E-state index in [9.17, 15) is 4.79 Å². The summed E-state index contributed by atoms with van der Waals surface area (Å²) in [5, 5.41) is 7.60. The highest BCUT2D eigenvalue weighted by atomic mass is 33.1. The van der Waals surface area contributed by atoms with Crippen molar-refractivity contribution in [1.82, 2.24) is 0 Å². The lowest BCUT2D eigenvalue weighted by Crippen LogP contribution is -1.82. The molecule has 0 aromatic heterocycles. The van der Waals surface area contributed by atoms with Crippen molar-refractivity contribution in [2.24, 2.45) is 0 Å². The summed E-state index contributed by atoms with van der Waals surface area (Å²) in [7, 11) is 2.11. The van der Waals surface area contributed by atoms with Crippen LogP contribution in [0.3, 0.4) is 0 Å². The standard InChI is InChI=1S/C10H12O2S2/c1-2-3-8-4-6-9(7-5-8)13-14-10(11)12/h4-7H,2-3H2,1H3,(H,11,12). The Balaban J connectivity index is 2.50. The molecule has 0 saturated heterocycles. The molecule has 1 aromatic carbocycles. The summed E-state index contributed by atoms with van der Waals surface area (Å²) in [6, 6.07) is 8.03. The number of hydrogen-bond acceptors (Lipinski definition) is 3. The maximum Gasteiger partial charge on any atom is 0.375 e. The summed E-state index contributed by atoms with van der Waals surface area (Å²) in [4.78, 5) is 11.3. The number of carbonyl (C=O) groups is 1. The normalized spacial score (nSPS) is 10.1. The lowest BCUT2D eigenvalue weighted by atomic mass is 10.1. The van der Waals surface area contributed by atoms with Crippen LogP contribution in [0.1, 0.15) is 18.9 Å². The van der Waals surface area contributed by atoms with E-state index in [1.54, 1.807) is 0 Å². The molecule has 4 heteroatoms. The maximum absolute atomic E-state index is 10.3. The molecule has 0 fully saturated rings. The van der Waals surface area contributed by atoms with Gasteiger partial charge in [-0.05, 0) is 34.9 Å². The molecule has 0 saturated carbocycles. The largest absolute Gasteiger partial charge is 0.473 e. The lowest BCUT2D eigenvalue weighted by Gasteiger charge is -2.00. The molecule has 0 bridgehead atoms. The van der Waals surface area contributed by atoms with Gasteiger partial charge >= 0.3 is 5.30 Å². The van der Waals surface area contributed by atoms with Crippen molar-refractivity contribution in [3.63, 3.8) is 0 Å². The van der Waals surface area contributed by atoms with E-state index in [2.05, 4.69) is 6.92 Å². The van der Waals surface area contributed by atoms with E-state index in [1.807, 2.05) is 24.3 Å². The predicted octanol–water partition coefficient (Wildman–Crippen LogP) is 4.06. The summed E-state index contributed by atoms with van der Waals surface area (Å²) < 4.78 is 0. The first kappa shape index (κ1) is 11.5. The molecule has 0 aliphatic rings. The Bertz CT molecular complexity index is 295. The molecule has 14 heavy (non-hydrogen) atoms. The molecule has 1 rings (SSSR count). The molecule has 0 aliphatic carbocycles. The van der Waals surface area contributed by atoms with Crippen molar-refractivity contribution < 1.29 is 9.90 Å². The minimum Gasteiger partial charge on any atom is -0.473 e. The molecule has 0 heterocycles. The van der Waals surface area contributed by atoms with Crippen LogP contribution in [0.25, 0.3) is 0 Å². The van der Waals surface area contributed by atoms with Crippen molar-refractivity contribution in [3.8, 4) is 0 Å². The Hall–Kier alpha value is -0.610. The molecular weight excluding hydrogens is 216 g/mol. The van der Waals surface area contributed by atoms with Gasteiger partial charge in [-0.2, -0.15) is 0 Å². The first-order chi connectivity index (χ1) is 6.72. The SMILES string of the molecule is CCCc1ccc(SSC(=O)O)cc1. The van der Waals surface area contributed by atoms with Crippen LogP contribution in [-0.2, 0) is 6.42 Å². The molecule has 0 unspecified atom stereocenters. The van der Waals surface area contributed by atoms with Gasteiger partial charge in [-0.15, -0.1) is 0 Å². The van der Waals surface area contributed by atoms with E-state index < -0.39 is 5.30 Å². The zero-order valence-corrected chi connectivity index (χ0v) is 9.53. The summed E-state index contributed by atoms with van der Waals surface area (Å²) in [5.74, 6) is 0. The third-order valence-electron chi connectivity index (χ3n) is 1.67. The summed E-state index contributed by atoms with van der Waals surface area (Å²) in [6.07, 6.45) is 2.22. The topological polar surface area (TPSA) is 37.3 Å². The second-order valence-electron chi connectivity index (χ2n) is 2.83. The summed E-state index contributed by atoms with van der Waals surface area (Å²) >= 11 is 0. The fraction of sp³-hybridized carbons (Fsp3) is 0.300. The highest BCUT2D eigenvalue weighted by molar-refractivity contribution is 8.82. The zero-order valence-electron chi connectivity index (χ0n) is 7.90.